The van der Waals surface area contributed by atoms with Gasteiger partial charge in [-0.3, -0.25) is 4.90 Å². The zero-order chi connectivity index (χ0) is 11.5. The van der Waals surface area contributed by atoms with Crippen molar-refractivity contribution in [3.05, 3.63) is 17.5 Å². The Balaban J connectivity index is 1.88. The molecule has 90 valence electrons. The van der Waals surface area contributed by atoms with Gasteiger partial charge in [-0.1, -0.05) is 18.5 Å². The zero-order valence-electron chi connectivity index (χ0n) is 9.95. The monoisotopic (exact) mass is 226 g/mol. The number of nitrogens with zero attached hydrogens (tertiary/aromatic N) is 2. The quantitative estimate of drug-likeness (QED) is 0.793. The normalized spacial score (nSPS) is 27.2. The Morgan fingerprint density at radius 2 is 2.44 bits per heavy atom. The van der Waals surface area contributed by atoms with E-state index in [2.05, 4.69) is 17.0 Å². The third-order valence-electron chi connectivity index (χ3n) is 3.35. The van der Waals surface area contributed by atoms with Crippen LogP contribution in [0.1, 0.15) is 31.2 Å². The molecule has 16 heavy (non-hydrogen) atoms. The molecule has 1 aliphatic heterocycles. The summed E-state index contributed by atoms with van der Waals surface area (Å²) in [4.78, 5) is 2.12. The van der Waals surface area contributed by atoms with Gasteiger partial charge in [-0.15, -0.1) is 0 Å². The highest BCUT2D eigenvalue weighted by molar-refractivity contribution is 5.03. The van der Waals surface area contributed by atoms with Crippen LogP contribution in [-0.2, 0) is 6.54 Å². The zero-order valence-corrected chi connectivity index (χ0v) is 9.95. The SMILES string of the molecule is CCC1CCN(Cc2cc(C)on2)CC1F. The summed E-state index contributed by atoms with van der Waals surface area (Å²) in [6.45, 7) is 6.13. The van der Waals surface area contributed by atoms with Gasteiger partial charge in [0.1, 0.15) is 11.9 Å². The van der Waals surface area contributed by atoms with Crippen molar-refractivity contribution in [1.29, 1.82) is 0 Å². The van der Waals surface area contributed by atoms with E-state index >= 15 is 0 Å². The lowest BCUT2D eigenvalue weighted by Gasteiger charge is -2.33. The van der Waals surface area contributed by atoms with Gasteiger partial charge in [-0.25, -0.2) is 4.39 Å². The van der Waals surface area contributed by atoms with E-state index in [1.54, 1.807) is 0 Å². The average Bonchev–Trinajstić information content (AvgIpc) is 2.64. The molecular weight excluding hydrogens is 207 g/mol. The van der Waals surface area contributed by atoms with Crippen LogP contribution < -0.4 is 0 Å². The van der Waals surface area contributed by atoms with Gasteiger partial charge in [-0.2, -0.15) is 0 Å². The number of rotatable bonds is 3. The summed E-state index contributed by atoms with van der Waals surface area (Å²) in [6, 6.07) is 1.92. The number of aromatic nitrogens is 1. The number of hydrogen-bond donors (Lipinski definition) is 0. The van der Waals surface area contributed by atoms with Crippen molar-refractivity contribution in [2.75, 3.05) is 13.1 Å². The summed E-state index contributed by atoms with van der Waals surface area (Å²) in [5.74, 6) is 1.06. The van der Waals surface area contributed by atoms with E-state index in [4.69, 9.17) is 4.52 Å². The molecule has 0 aliphatic carbocycles. The Morgan fingerprint density at radius 1 is 1.62 bits per heavy atom. The highest BCUT2D eigenvalue weighted by Crippen LogP contribution is 2.24. The lowest BCUT2D eigenvalue weighted by molar-refractivity contribution is 0.0768. The molecule has 1 saturated heterocycles. The maximum atomic E-state index is 13.7. The van der Waals surface area contributed by atoms with Crippen LogP contribution in [0.3, 0.4) is 0 Å². The van der Waals surface area contributed by atoms with Crippen LogP contribution in [0.4, 0.5) is 4.39 Å². The first-order valence-corrected chi connectivity index (χ1v) is 5.97. The van der Waals surface area contributed by atoms with Gasteiger partial charge in [0, 0.05) is 19.2 Å². The van der Waals surface area contributed by atoms with Gasteiger partial charge >= 0.3 is 0 Å². The van der Waals surface area contributed by atoms with Gasteiger partial charge in [0.05, 0.1) is 5.69 Å². The first kappa shape index (κ1) is 11.6. The van der Waals surface area contributed by atoms with E-state index in [0.717, 1.165) is 30.8 Å². The van der Waals surface area contributed by atoms with Crippen molar-refractivity contribution in [1.82, 2.24) is 10.1 Å². The minimum atomic E-state index is -0.688. The summed E-state index contributed by atoms with van der Waals surface area (Å²) >= 11 is 0. The van der Waals surface area contributed by atoms with E-state index in [-0.39, 0.29) is 5.92 Å². The molecule has 2 heterocycles. The van der Waals surface area contributed by atoms with E-state index in [9.17, 15) is 4.39 Å². The van der Waals surface area contributed by atoms with Crippen molar-refractivity contribution >= 4 is 0 Å². The molecule has 2 atom stereocenters. The Bertz CT molecular complexity index is 340. The molecule has 4 heteroatoms. The highest BCUT2D eigenvalue weighted by Gasteiger charge is 2.28. The summed E-state index contributed by atoms with van der Waals surface area (Å²) in [5, 5.41) is 3.93. The van der Waals surface area contributed by atoms with Crippen LogP contribution >= 0.6 is 0 Å². The maximum Gasteiger partial charge on any atom is 0.133 e. The molecule has 0 spiro atoms. The molecule has 2 rings (SSSR count). The fourth-order valence-electron chi connectivity index (χ4n) is 2.34. The molecule has 0 N–H and O–H groups in total. The number of aryl methyl sites for hydroxylation is 1. The van der Waals surface area contributed by atoms with Gasteiger partial charge in [0.2, 0.25) is 0 Å². The fourth-order valence-corrected chi connectivity index (χ4v) is 2.34. The second-order valence-corrected chi connectivity index (χ2v) is 4.64. The van der Waals surface area contributed by atoms with Crippen molar-refractivity contribution in [2.24, 2.45) is 5.92 Å². The van der Waals surface area contributed by atoms with E-state index in [1.807, 2.05) is 13.0 Å². The van der Waals surface area contributed by atoms with E-state index < -0.39 is 6.17 Å². The number of alkyl halides is 1. The predicted molar refractivity (Wildman–Crippen MR) is 59.8 cm³/mol. The molecule has 1 fully saturated rings. The minimum Gasteiger partial charge on any atom is -0.361 e. The second kappa shape index (κ2) is 4.95. The van der Waals surface area contributed by atoms with Crippen LogP contribution in [0.25, 0.3) is 0 Å². The summed E-state index contributed by atoms with van der Waals surface area (Å²) in [6.07, 6.45) is 1.21. The molecule has 2 unspecified atom stereocenters. The molecular formula is C12H19FN2O. The van der Waals surface area contributed by atoms with Crippen LogP contribution in [0.15, 0.2) is 10.6 Å². The standard InChI is InChI=1S/C12H19FN2O/c1-3-10-4-5-15(8-12(10)13)7-11-6-9(2)16-14-11/h6,10,12H,3-5,7-8H2,1-2H3. The minimum absolute atomic E-state index is 0.246. The molecule has 1 aromatic rings. The van der Waals surface area contributed by atoms with Crippen molar-refractivity contribution in [3.63, 3.8) is 0 Å². The van der Waals surface area contributed by atoms with Crippen molar-refractivity contribution in [3.8, 4) is 0 Å². The summed E-state index contributed by atoms with van der Waals surface area (Å²) in [7, 11) is 0. The Hall–Kier alpha value is -0.900. The Morgan fingerprint density at radius 3 is 3.00 bits per heavy atom. The first-order valence-electron chi connectivity index (χ1n) is 5.97. The van der Waals surface area contributed by atoms with E-state index in [0.29, 0.717) is 13.1 Å². The van der Waals surface area contributed by atoms with Crippen LogP contribution in [0.2, 0.25) is 0 Å². The highest BCUT2D eigenvalue weighted by atomic mass is 19.1. The lowest BCUT2D eigenvalue weighted by atomic mass is 9.92. The third-order valence-corrected chi connectivity index (χ3v) is 3.35. The maximum absolute atomic E-state index is 13.7. The predicted octanol–water partition coefficient (Wildman–Crippen LogP) is 2.55. The van der Waals surface area contributed by atoms with Gasteiger partial charge in [0.25, 0.3) is 0 Å². The molecule has 0 aromatic carbocycles. The molecule has 0 bridgehead atoms. The fraction of sp³-hybridized carbons (Fsp3) is 0.750. The van der Waals surface area contributed by atoms with Gasteiger partial charge in [-0.05, 0) is 25.8 Å². The average molecular weight is 226 g/mol. The number of hydrogen-bond acceptors (Lipinski definition) is 3. The molecule has 3 nitrogen and oxygen atoms in total. The molecule has 1 aromatic heterocycles. The topological polar surface area (TPSA) is 29.3 Å². The smallest absolute Gasteiger partial charge is 0.133 e. The van der Waals surface area contributed by atoms with Crippen molar-refractivity contribution in [2.45, 2.75) is 39.4 Å². The molecule has 0 amide bonds. The van der Waals surface area contributed by atoms with E-state index in [1.165, 1.54) is 0 Å². The molecule has 1 aliphatic rings. The number of likely N-dealkylation sites (tertiary alicyclic amines) is 1. The molecule has 0 saturated carbocycles. The van der Waals surface area contributed by atoms with Crippen molar-refractivity contribution < 1.29 is 8.91 Å². The van der Waals surface area contributed by atoms with Crippen LogP contribution in [0, 0.1) is 12.8 Å². The number of halogens is 1. The lowest BCUT2D eigenvalue weighted by Crippen LogP contribution is -2.41. The van der Waals surface area contributed by atoms with Gasteiger partial charge in [0.15, 0.2) is 0 Å². The summed E-state index contributed by atoms with van der Waals surface area (Å²) < 4.78 is 18.7. The van der Waals surface area contributed by atoms with Crippen LogP contribution in [0.5, 0.6) is 0 Å². The van der Waals surface area contributed by atoms with Gasteiger partial charge < -0.3 is 4.52 Å². The third kappa shape index (κ3) is 2.61. The first-order chi connectivity index (χ1) is 7.69. The van der Waals surface area contributed by atoms with Crippen LogP contribution in [-0.4, -0.2) is 29.3 Å². The Labute approximate surface area is 95.6 Å². The molecule has 0 radical (unpaired) electrons. The second-order valence-electron chi connectivity index (χ2n) is 4.64. The summed E-state index contributed by atoms with van der Waals surface area (Å²) in [5.41, 5.74) is 0.902. The largest absolute Gasteiger partial charge is 0.361 e. The number of piperidine rings is 1. The Kier molecular flexibility index (Phi) is 3.59.